The third-order valence-electron chi connectivity index (χ3n) is 6.43. The second-order valence-electron chi connectivity index (χ2n) is 8.51. The highest BCUT2D eigenvalue weighted by molar-refractivity contribution is 5.25. The number of piperidine rings is 1. The fourth-order valence-corrected chi connectivity index (χ4v) is 4.55. The van der Waals surface area contributed by atoms with Crippen LogP contribution in [0.15, 0.2) is 21.5 Å². The van der Waals surface area contributed by atoms with Crippen LogP contribution in [0, 0.1) is 5.92 Å². The van der Waals surface area contributed by atoms with Crippen molar-refractivity contribution >= 4 is 0 Å². The molecule has 0 N–H and O–H groups in total. The van der Waals surface area contributed by atoms with Gasteiger partial charge in [-0.25, -0.2) is 4.68 Å². The van der Waals surface area contributed by atoms with E-state index in [9.17, 15) is 4.79 Å². The Hall–Kier alpha value is -1.95. The van der Waals surface area contributed by atoms with Gasteiger partial charge in [0.05, 0.1) is 5.69 Å². The summed E-state index contributed by atoms with van der Waals surface area (Å²) in [6, 6.07) is 3.61. The summed E-state index contributed by atoms with van der Waals surface area (Å²) in [6.07, 6.45) is 9.31. The predicted octanol–water partition coefficient (Wildman–Crippen LogP) is 2.90. The van der Waals surface area contributed by atoms with Crippen LogP contribution in [0.2, 0.25) is 0 Å². The van der Waals surface area contributed by atoms with E-state index in [4.69, 9.17) is 4.52 Å². The summed E-state index contributed by atoms with van der Waals surface area (Å²) in [7, 11) is 0. The Morgan fingerprint density at radius 2 is 1.89 bits per heavy atom. The van der Waals surface area contributed by atoms with Crippen LogP contribution in [0.25, 0.3) is 0 Å². The lowest BCUT2D eigenvalue weighted by atomic mass is 9.94. The molecule has 2 aromatic rings. The molecular formula is C21H28N4O2. The standard InChI is InChI=1S/C21H28N4O2/c26-21-8-7-18(16-5-6-16)22-25(21)13-15-9-11-24(12-10-15)14-19-17-3-1-2-4-20(17)27-23-19/h7-8,15-16H,1-6,9-14H2. The van der Waals surface area contributed by atoms with Gasteiger partial charge in [0.25, 0.3) is 5.56 Å². The zero-order valence-electron chi connectivity index (χ0n) is 15.9. The van der Waals surface area contributed by atoms with Gasteiger partial charge in [0, 0.05) is 37.1 Å². The highest BCUT2D eigenvalue weighted by Gasteiger charge is 2.27. The lowest BCUT2D eigenvalue weighted by Crippen LogP contribution is -2.36. The van der Waals surface area contributed by atoms with Crippen molar-refractivity contribution < 1.29 is 4.52 Å². The second-order valence-corrected chi connectivity index (χ2v) is 8.51. The average Bonchev–Trinajstić information content (AvgIpc) is 3.47. The number of fused-ring (bicyclic) bond motifs is 1. The minimum atomic E-state index is 0.0380. The van der Waals surface area contributed by atoms with Gasteiger partial charge in [-0.15, -0.1) is 0 Å². The monoisotopic (exact) mass is 368 g/mol. The molecule has 5 rings (SSSR count). The number of likely N-dealkylation sites (tertiary alicyclic amines) is 1. The Morgan fingerprint density at radius 1 is 1.07 bits per heavy atom. The highest BCUT2D eigenvalue weighted by atomic mass is 16.5. The van der Waals surface area contributed by atoms with Crippen molar-refractivity contribution in [3.63, 3.8) is 0 Å². The molecule has 144 valence electrons. The van der Waals surface area contributed by atoms with Gasteiger partial charge in [-0.3, -0.25) is 9.69 Å². The van der Waals surface area contributed by atoms with Gasteiger partial charge in [-0.1, -0.05) is 5.16 Å². The maximum atomic E-state index is 12.2. The van der Waals surface area contributed by atoms with Gasteiger partial charge < -0.3 is 4.52 Å². The van der Waals surface area contributed by atoms with E-state index in [2.05, 4.69) is 15.2 Å². The van der Waals surface area contributed by atoms with Crippen molar-refractivity contribution in [3.8, 4) is 0 Å². The first kappa shape index (κ1) is 17.2. The van der Waals surface area contributed by atoms with Crippen LogP contribution in [-0.2, 0) is 25.9 Å². The van der Waals surface area contributed by atoms with Gasteiger partial charge in [-0.2, -0.15) is 5.10 Å². The highest BCUT2D eigenvalue weighted by Crippen LogP contribution is 2.38. The summed E-state index contributed by atoms with van der Waals surface area (Å²) in [6.45, 7) is 3.78. The molecule has 6 nitrogen and oxygen atoms in total. The molecule has 6 heteroatoms. The zero-order valence-corrected chi connectivity index (χ0v) is 15.9. The van der Waals surface area contributed by atoms with E-state index in [1.807, 2.05) is 6.07 Å². The maximum absolute atomic E-state index is 12.2. The minimum absolute atomic E-state index is 0.0380. The van der Waals surface area contributed by atoms with Crippen molar-refractivity contribution in [2.75, 3.05) is 13.1 Å². The number of rotatable bonds is 5. The molecule has 3 heterocycles. The summed E-state index contributed by atoms with van der Waals surface area (Å²) in [5.41, 5.74) is 3.66. The number of hydrogen-bond acceptors (Lipinski definition) is 5. The molecule has 0 unspecified atom stereocenters. The molecule has 0 aromatic carbocycles. The first-order valence-corrected chi connectivity index (χ1v) is 10.5. The molecular weight excluding hydrogens is 340 g/mol. The lowest BCUT2D eigenvalue weighted by Gasteiger charge is -2.31. The van der Waals surface area contributed by atoms with E-state index in [1.165, 1.54) is 31.2 Å². The largest absolute Gasteiger partial charge is 0.361 e. The van der Waals surface area contributed by atoms with Gasteiger partial charge in [0.15, 0.2) is 0 Å². The van der Waals surface area contributed by atoms with E-state index >= 15 is 0 Å². The first-order chi connectivity index (χ1) is 13.3. The average molecular weight is 368 g/mol. The third kappa shape index (κ3) is 3.72. The second kappa shape index (κ2) is 7.23. The van der Waals surface area contributed by atoms with E-state index < -0.39 is 0 Å². The van der Waals surface area contributed by atoms with Crippen LogP contribution in [0.3, 0.4) is 0 Å². The summed E-state index contributed by atoms with van der Waals surface area (Å²) >= 11 is 0. The third-order valence-corrected chi connectivity index (χ3v) is 6.43. The lowest BCUT2D eigenvalue weighted by molar-refractivity contribution is 0.160. The Morgan fingerprint density at radius 3 is 2.70 bits per heavy atom. The molecule has 27 heavy (non-hydrogen) atoms. The van der Waals surface area contributed by atoms with Crippen LogP contribution in [0.1, 0.15) is 67.2 Å². The Labute approximate surface area is 159 Å². The van der Waals surface area contributed by atoms with Crippen molar-refractivity contribution in [3.05, 3.63) is 45.2 Å². The fraction of sp³-hybridized carbons (Fsp3) is 0.667. The predicted molar refractivity (Wildman–Crippen MR) is 102 cm³/mol. The van der Waals surface area contributed by atoms with E-state index in [-0.39, 0.29) is 5.56 Å². The fourth-order valence-electron chi connectivity index (χ4n) is 4.55. The van der Waals surface area contributed by atoms with Crippen molar-refractivity contribution in [1.29, 1.82) is 0 Å². The molecule has 0 bridgehead atoms. The number of nitrogens with zero attached hydrogens (tertiary/aromatic N) is 4. The Balaban J connectivity index is 1.18. The molecule has 0 spiro atoms. The van der Waals surface area contributed by atoms with Crippen LogP contribution in [-0.4, -0.2) is 32.9 Å². The quantitative estimate of drug-likeness (QED) is 0.812. The summed E-state index contributed by atoms with van der Waals surface area (Å²) in [4.78, 5) is 14.7. The topological polar surface area (TPSA) is 64.2 Å². The SMILES string of the molecule is O=c1ccc(C2CC2)nn1CC1CCN(Cc2noc3c2CCCC3)CC1. The van der Waals surface area contributed by atoms with Crippen LogP contribution >= 0.6 is 0 Å². The van der Waals surface area contributed by atoms with Gasteiger partial charge >= 0.3 is 0 Å². The van der Waals surface area contributed by atoms with E-state index in [0.717, 1.165) is 69.0 Å². The molecule has 1 saturated carbocycles. The molecule has 0 atom stereocenters. The molecule has 1 saturated heterocycles. The van der Waals surface area contributed by atoms with Crippen LogP contribution < -0.4 is 5.56 Å². The maximum Gasteiger partial charge on any atom is 0.266 e. The summed E-state index contributed by atoms with van der Waals surface area (Å²) in [5, 5.41) is 8.97. The van der Waals surface area contributed by atoms with E-state index in [1.54, 1.807) is 10.7 Å². The summed E-state index contributed by atoms with van der Waals surface area (Å²) < 4.78 is 7.26. The molecule has 2 aromatic heterocycles. The van der Waals surface area contributed by atoms with Gasteiger partial charge in [-0.05, 0) is 70.0 Å². The smallest absolute Gasteiger partial charge is 0.266 e. The van der Waals surface area contributed by atoms with Gasteiger partial charge in [0.1, 0.15) is 11.5 Å². The first-order valence-electron chi connectivity index (χ1n) is 10.5. The van der Waals surface area contributed by atoms with Crippen LogP contribution in [0.5, 0.6) is 0 Å². The normalized spacial score (nSPS) is 21.3. The molecule has 2 fully saturated rings. The Bertz CT molecular complexity index is 859. The molecule has 3 aliphatic rings. The zero-order chi connectivity index (χ0) is 18.2. The Kier molecular flexibility index (Phi) is 4.60. The molecule has 1 aliphatic heterocycles. The van der Waals surface area contributed by atoms with Crippen molar-refractivity contribution in [2.45, 2.75) is 70.4 Å². The van der Waals surface area contributed by atoms with E-state index in [0.29, 0.717) is 11.8 Å². The van der Waals surface area contributed by atoms with Crippen molar-refractivity contribution in [2.24, 2.45) is 5.92 Å². The number of hydrogen-bond donors (Lipinski definition) is 0. The number of aromatic nitrogens is 3. The number of aryl methyl sites for hydroxylation is 1. The van der Waals surface area contributed by atoms with Gasteiger partial charge in [0.2, 0.25) is 0 Å². The van der Waals surface area contributed by atoms with Crippen LogP contribution in [0.4, 0.5) is 0 Å². The molecule has 2 aliphatic carbocycles. The molecule has 0 radical (unpaired) electrons. The summed E-state index contributed by atoms with van der Waals surface area (Å²) in [5.74, 6) is 2.24. The minimum Gasteiger partial charge on any atom is -0.361 e. The molecule has 0 amide bonds. The van der Waals surface area contributed by atoms with Crippen molar-refractivity contribution in [1.82, 2.24) is 19.8 Å².